The second-order valence-corrected chi connectivity index (χ2v) is 11.8. The zero-order chi connectivity index (χ0) is 32.8. The van der Waals surface area contributed by atoms with E-state index in [2.05, 4.69) is 6.07 Å². The van der Waals surface area contributed by atoms with Gasteiger partial charge in [-0.15, -0.1) is 11.3 Å². The van der Waals surface area contributed by atoms with E-state index in [9.17, 15) is 14.9 Å². The van der Waals surface area contributed by atoms with Gasteiger partial charge in [-0.2, -0.15) is 5.26 Å². The number of esters is 1. The third kappa shape index (κ3) is 6.73. The van der Waals surface area contributed by atoms with Crippen LogP contribution in [0, 0.1) is 11.3 Å². The molecule has 1 aliphatic rings. The molecule has 6 rings (SSSR count). The molecule has 0 saturated heterocycles. The maximum atomic E-state index is 13.8. The van der Waals surface area contributed by atoms with Crippen molar-refractivity contribution in [2.75, 3.05) is 6.61 Å². The van der Waals surface area contributed by atoms with Crippen LogP contribution in [0.5, 0.6) is 11.5 Å². The summed E-state index contributed by atoms with van der Waals surface area (Å²) >= 11 is 1.12. The van der Waals surface area contributed by atoms with Crippen LogP contribution in [-0.2, 0) is 22.7 Å². The number of nitriles is 1. The van der Waals surface area contributed by atoms with Crippen LogP contribution in [0.2, 0.25) is 0 Å². The first kappa shape index (κ1) is 31.1. The first-order valence-corrected chi connectivity index (χ1v) is 15.9. The van der Waals surface area contributed by atoms with E-state index in [1.54, 1.807) is 31.2 Å². The minimum atomic E-state index is -0.875. The Labute approximate surface area is 275 Å². The summed E-state index contributed by atoms with van der Waals surface area (Å²) in [6.45, 7) is 2.56. The summed E-state index contributed by atoms with van der Waals surface area (Å²) in [5.74, 6) is -0.338. The largest absolute Gasteiger partial charge is 0.489 e. The molecule has 0 radical (unpaired) electrons. The van der Waals surface area contributed by atoms with Gasteiger partial charge in [0.1, 0.15) is 35.2 Å². The molecule has 4 aromatic carbocycles. The molecular weight excluding hydrogens is 611 g/mol. The summed E-state index contributed by atoms with van der Waals surface area (Å²) in [7, 11) is 0. The standard InChI is InChI=1S/C38H31N3O5S/c1-2-44-38(43)34-33(28-16-10-18-30(21-28)46-24-26-13-7-4-8-14-26)31(22-39)35(40)41-36(42)32(47-37(34)41)20-27-15-9-17-29(19-27)45-23-25-11-5-3-6-12-25/h3-21,33H,2,23-24,40H2,1H3/b32-20+. The third-order valence-corrected chi connectivity index (χ3v) is 8.72. The smallest absolute Gasteiger partial charge is 0.338 e. The van der Waals surface area contributed by atoms with Gasteiger partial charge in [-0.25, -0.2) is 4.79 Å². The molecule has 2 heterocycles. The maximum Gasteiger partial charge on any atom is 0.338 e. The van der Waals surface area contributed by atoms with Crippen LogP contribution in [0.25, 0.3) is 17.5 Å². The maximum absolute atomic E-state index is 13.8. The highest BCUT2D eigenvalue weighted by molar-refractivity contribution is 7.07. The van der Waals surface area contributed by atoms with E-state index in [-0.39, 0.29) is 23.6 Å². The lowest BCUT2D eigenvalue weighted by Crippen LogP contribution is -2.40. The van der Waals surface area contributed by atoms with Gasteiger partial charge in [0, 0.05) is 0 Å². The third-order valence-electron chi connectivity index (χ3n) is 7.61. The van der Waals surface area contributed by atoms with Gasteiger partial charge in [0.2, 0.25) is 0 Å². The van der Waals surface area contributed by atoms with Gasteiger partial charge in [-0.3, -0.25) is 9.36 Å². The van der Waals surface area contributed by atoms with Gasteiger partial charge in [-0.1, -0.05) is 84.9 Å². The summed E-state index contributed by atoms with van der Waals surface area (Å²) in [6, 6.07) is 36.3. The highest BCUT2D eigenvalue weighted by Gasteiger charge is 2.36. The number of nitrogens with two attached hydrogens (primary N) is 1. The lowest BCUT2D eigenvalue weighted by Gasteiger charge is -2.25. The van der Waals surface area contributed by atoms with Crippen molar-refractivity contribution in [2.24, 2.45) is 5.73 Å². The molecule has 0 amide bonds. The molecule has 1 atom stereocenters. The zero-order valence-corrected chi connectivity index (χ0v) is 26.4. The number of carbonyl (C=O) groups excluding carboxylic acids is 1. The van der Waals surface area contributed by atoms with Crippen molar-refractivity contribution < 1.29 is 19.0 Å². The van der Waals surface area contributed by atoms with Crippen molar-refractivity contribution in [3.8, 4) is 17.6 Å². The molecule has 0 bridgehead atoms. The summed E-state index contributed by atoms with van der Waals surface area (Å²) in [6.07, 6.45) is 1.73. The van der Waals surface area contributed by atoms with Crippen molar-refractivity contribution in [1.82, 2.24) is 4.57 Å². The minimum absolute atomic E-state index is 0.0306. The second-order valence-electron chi connectivity index (χ2n) is 10.7. The van der Waals surface area contributed by atoms with Gasteiger partial charge < -0.3 is 19.9 Å². The molecule has 5 aromatic rings. The Bertz CT molecular complexity index is 2180. The molecule has 2 N–H and O–H groups in total. The molecule has 47 heavy (non-hydrogen) atoms. The highest BCUT2D eigenvalue weighted by Crippen LogP contribution is 2.38. The van der Waals surface area contributed by atoms with Crippen LogP contribution >= 0.6 is 11.3 Å². The molecule has 0 fully saturated rings. The van der Waals surface area contributed by atoms with Crippen molar-refractivity contribution >= 4 is 34.8 Å². The molecule has 0 saturated carbocycles. The fourth-order valence-corrected chi connectivity index (χ4v) is 6.56. The first-order chi connectivity index (χ1) is 23.0. The molecule has 8 nitrogen and oxygen atoms in total. The summed E-state index contributed by atoms with van der Waals surface area (Å²) < 4.78 is 19.4. The molecule has 1 aromatic heterocycles. The van der Waals surface area contributed by atoms with Gasteiger partial charge in [0.15, 0.2) is 0 Å². The Morgan fingerprint density at radius 1 is 0.894 bits per heavy atom. The molecule has 0 spiro atoms. The number of ether oxygens (including phenoxy) is 3. The fourth-order valence-electron chi connectivity index (χ4n) is 5.40. The number of thiazole rings is 1. The number of nitrogens with zero attached hydrogens (tertiary/aromatic N) is 2. The minimum Gasteiger partial charge on any atom is -0.489 e. The normalized spacial score (nSPS) is 14.3. The van der Waals surface area contributed by atoms with Crippen molar-refractivity contribution in [3.63, 3.8) is 0 Å². The number of aromatic nitrogens is 1. The van der Waals surface area contributed by atoms with Gasteiger partial charge in [0.05, 0.1) is 34.3 Å². The predicted molar refractivity (Wildman–Crippen MR) is 182 cm³/mol. The fraction of sp³-hybridized carbons (Fsp3) is 0.132. The Morgan fingerprint density at radius 3 is 2.13 bits per heavy atom. The molecule has 234 valence electrons. The van der Waals surface area contributed by atoms with Gasteiger partial charge in [-0.05, 0) is 59.5 Å². The van der Waals surface area contributed by atoms with Crippen LogP contribution in [0.3, 0.4) is 0 Å². The molecular formula is C38H31N3O5S. The summed E-state index contributed by atoms with van der Waals surface area (Å²) in [5.41, 5.74) is 9.73. The Balaban J connectivity index is 1.43. The Kier molecular flexibility index (Phi) is 9.32. The van der Waals surface area contributed by atoms with Crippen LogP contribution < -0.4 is 30.0 Å². The molecule has 1 aliphatic heterocycles. The number of hydrogen-bond acceptors (Lipinski definition) is 8. The number of hydrogen-bond donors (Lipinski definition) is 1. The molecule has 1 unspecified atom stereocenters. The van der Waals surface area contributed by atoms with Crippen molar-refractivity contribution in [2.45, 2.75) is 26.1 Å². The molecule has 0 aliphatic carbocycles. The van der Waals surface area contributed by atoms with Crippen LogP contribution in [-0.4, -0.2) is 17.1 Å². The number of allylic oxidation sites excluding steroid dienone is 1. The lowest BCUT2D eigenvalue weighted by atomic mass is 9.84. The predicted octanol–water partition coefficient (Wildman–Crippen LogP) is 5.06. The Morgan fingerprint density at radius 2 is 1.51 bits per heavy atom. The van der Waals surface area contributed by atoms with Gasteiger partial charge >= 0.3 is 5.97 Å². The quantitative estimate of drug-likeness (QED) is 0.212. The summed E-state index contributed by atoms with van der Waals surface area (Å²) in [4.78, 5) is 27.5. The van der Waals surface area contributed by atoms with E-state index < -0.39 is 17.4 Å². The zero-order valence-electron chi connectivity index (χ0n) is 25.6. The van der Waals surface area contributed by atoms with E-state index in [1.165, 1.54) is 4.57 Å². The number of rotatable bonds is 10. The number of benzene rings is 4. The highest BCUT2D eigenvalue weighted by atomic mass is 32.1. The van der Waals surface area contributed by atoms with Crippen molar-refractivity contribution in [1.29, 1.82) is 5.26 Å². The second kappa shape index (κ2) is 14.1. The first-order valence-electron chi connectivity index (χ1n) is 15.0. The van der Waals surface area contributed by atoms with Gasteiger partial charge in [0.25, 0.3) is 5.56 Å². The van der Waals surface area contributed by atoms with E-state index in [0.29, 0.717) is 39.5 Å². The van der Waals surface area contributed by atoms with Crippen LogP contribution in [0.4, 0.5) is 0 Å². The van der Waals surface area contributed by atoms with E-state index in [0.717, 1.165) is 28.0 Å². The van der Waals surface area contributed by atoms with Crippen LogP contribution in [0.15, 0.2) is 120 Å². The SMILES string of the molecule is CCOC(=O)C1=c2s/c(=C/c3cccc(OCc4ccccc4)c3)c(=O)n2C(N)=C(C#N)C1c1cccc(OCc2ccccc2)c1. The lowest BCUT2D eigenvalue weighted by molar-refractivity contribution is -0.136. The Hall–Kier alpha value is -5.85. The number of carbonyl (C=O) groups is 1. The summed E-state index contributed by atoms with van der Waals surface area (Å²) in [5, 5.41) is 10.3. The topological polar surface area (TPSA) is 117 Å². The average molecular weight is 642 g/mol. The van der Waals surface area contributed by atoms with E-state index >= 15 is 0 Å². The van der Waals surface area contributed by atoms with Crippen molar-refractivity contribution in [3.05, 3.63) is 157 Å². The van der Waals surface area contributed by atoms with Crippen LogP contribution in [0.1, 0.15) is 35.1 Å². The monoisotopic (exact) mass is 641 g/mol. The average Bonchev–Trinajstić information content (AvgIpc) is 3.42. The van der Waals surface area contributed by atoms with E-state index in [1.807, 2.05) is 91.0 Å². The molecule has 9 heteroatoms. The number of fused-ring (bicyclic) bond motifs is 1. The van der Waals surface area contributed by atoms with E-state index in [4.69, 9.17) is 19.9 Å².